The van der Waals surface area contributed by atoms with Crippen molar-refractivity contribution in [2.45, 2.75) is 18.9 Å². The van der Waals surface area contributed by atoms with Crippen molar-refractivity contribution in [3.63, 3.8) is 0 Å². The number of carbonyl (C=O) groups is 1. The first-order chi connectivity index (χ1) is 9.25. The molecule has 1 fully saturated rings. The van der Waals surface area contributed by atoms with Crippen molar-refractivity contribution >= 4 is 11.6 Å². The largest absolute Gasteiger partial charge is 0.305 e. The second-order valence-corrected chi connectivity index (χ2v) is 4.75. The Labute approximate surface area is 111 Å². The van der Waals surface area contributed by atoms with E-state index in [1.54, 1.807) is 0 Å². The van der Waals surface area contributed by atoms with Crippen LogP contribution < -0.4 is 4.90 Å². The van der Waals surface area contributed by atoms with Gasteiger partial charge in [-0.2, -0.15) is 0 Å². The molecular weight excluding hydrogens is 241 g/mol. The number of hydrogen-bond donors (Lipinski definition) is 0. The number of carbonyl (C=O) groups excluding carboxylic acids is 1. The first kappa shape index (κ1) is 11.9. The van der Waals surface area contributed by atoms with Crippen molar-refractivity contribution in [3.05, 3.63) is 66.0 Å². The molecule has 2 aromatic carbocycles. The van der Waals surface area contributed by atoms with Gasteiger partial charge in [-0.3, -0.25) is 4.79 Å². The molecule has 0 bridgehead atoms. The van der Waals surface area contributed by atoms with Gasteiger partial charge in [-0.1, -0.05) is 18.2 Å². The molecule has 0 heterocycles. The van der Waals surface area contributed by atoms with Gasteiger partial charge in [0.2, 0.25) is 0 Å². The second-order valence-electron chi connectivity index (χ2n) is 4.75. The van der Waals surface area contributed by atoms with E-state index in [0.29, 0.717) is 5.56 Å². The van der Waals surface area contributed by atoms with Crippen molar-refractivity contribution in [3.8, 4) is 0 Å². The highest BCUT2D eigenvalue weighted by Gasteiger charge is 2.34. The van der Waals surface area contributed by atoms with Crippen LogP contribution in [0.4, 0.5) is 10.1 Å². The van der Waals surface area contributed by atoms with Crippen molar-refractivity contribution in [2.24, 2.45) is 0 Å². The molecule has 0 atom stereocenters. The lowest BCUT2D eigenvalue weighted by Gasteiger charge is -2.22. The Kier molecular flexibility index (Phi) is 3.03. The van der Waals surface area contributed by atoms with E-state index in [2.05, 4.69) is 0 Å². The molecule has 96 valence electrons. The lowest BCUT2D eigenvalue weighted by Crippen LogP contribution is -2.32. The first-order valence-electron chi connectivity index (χ1n) is 6.40. The number of nitrogens with zero attached hydrogens (tertiary/aromatic N) is 1. The van der Waals surface area contributed by atoms with Gasteiger partial charge in [0, 0.05) is 17.3 Å². The number of halogens is 1. The van der Waals surface area contributed by atoms with E-state index in [4.69, 9.17) is 0 Å². The minimum absolute atomic E-state index is 0.0614. The zero-order valence-corrected chi connectivity index (χ0v) is 10.4. The van der Waals surface area contributed by atoms with Crippen LogP contribution in [0.25, 0.3) is 0 Å². The maximum Gasteiger partial charge on any atom is 0.258 e. The lowest BCUT2D eigenvalue weighted by molar-refractivity contribution is 0.0985. The molecule has 1 aliphatic rings. The predicted octanol–water partition coefficient (Wildman–Crippen LogP) is 3.63. The Balaban J connectivity index is 1.92. The SMILES string of the molecule is O=C(c1ccc(F)cc1)N(c1ccccc1)C1CC1. The maximum atomic E-state index is 12.9. The highest BCUT2D eigenvalue weighted by atomic mass is 19.1. The third-order valence-electron chi connectivity index (χ3n) is 3.26. The van der Waals surface area contributed by atoms with Crippen LogP contribution in [0.5, 0.6) is 0 Å². The summed E-state index contributed by atoms with van der Waals surface area (Å²) >= 11 is 0. The molecule has 2 aromatic rings. The van der Waals surface area contributed by atoms with E-state index >= 15 is 0 Å². The third-order valence-corrected chi connectivity index (χ3v) is 3.26. The summed E-state index contributed by atoms with van der Waals surface area (Å²) in [6.07, 6.45) is 2.06. The highest BCUT2D eigenvalue weighted by Crippen LogP contribution is 2.32. The van der Waals surface area contributed by atoms with E-state index < -0.39 is 0 Å². The van der Waals surface area contributed by atoms with Gasteiger partial charge < -0.3 is 4.90 Å². The van der Waals surface area contributed by atoms with Gasteiger partial charge in [-0.15, -0.1) is 0 Å². The average Bonchev–Trinajstić information content (AvgIpc) is 3.25. The summed E-state index contributed by atoms with van der Waals surface area (Å²) in [7, 11) is 0. The average molecular weight is 255 g/mol. The molecule has 2 nitrogen and oxygen atoms in total. The van der Waals surface area contributed by atoms with Gasteiger partial charge in [0.25, 0.3) is 5.91 Å². The van der Waals surface area contributed by atoms with E-state index in [1.807, 2.05) is 35.2 Å². The maximum absolute atomic E-state index is 12.9. The fourth-order valence-electron chi connectivity index (χ4n) is 2.15. The molecule has 0 saturated heterocycles. The van der Waals surface area contributed by atoms with Crippen LogP contribution in [-0.4, -0.2) is 11.9 Å². The van der Waals surface area contributed by atoms with Gasteiger partial charge >= 0.3 is 0 Å². The summed E-state index contributed by atoms with van der Waals surface area (Å²) < 4.78 is 12.9. The molecule has 1 saturated carbocycles. The number of hydrogen-bond acceptors (Lipinski definition) is 1. The molecule has 1 aliphatic carbocycles. The molecule has 19 heavy (non-hydrogen) atoms. The summed E-state index contributed by atoms with van der Waals surface area (Å²) in [6, 6.07) is 15.6. The molecule has 0 unspecified atom stereocenters. The molecular formula is C16H14FNO. The molecule has 0 N–H and O–H groups in total. The van der Waals surface area contributed by atoms with E-state index in [9.17, 15) is 9.18 Å². The minimum Gasteiger partial charge on any atom is -0.305 e. The summed E-state index contributed by atoms with van der Waals surface area (Å²) in [5.41, 5.74) is 1.43. The Morgan fingerprint density at radius 1 is 1.00 bits per heavy atom. The Bertz CT molecular complexity index is 575. The minimum atomic E-state index is -0.325. The van der Waals surface area contributed by atoms with Crippen molar-refractivity contribution in [2.75, 3.05) is 4.90 Å². The molecule has 0 spiro atoms. The van der Waals surface area contributed by atoms with Gasteiger partial charge in [-0.05, 0) is 49.2 Å². The van der Waals surface area contributed by atoms with Crippen LogP contribution in [0, 0.1) is 5.82 Å². The standard InChI is InChI=1S/C16H14FNO/c17-13-8-6-12(7-9-13)16(19)18(15-10-11-15)14-4-2-1-3-5-14/h1-9,15H,10-11H2. The molecule has 0 aliphatic heterocycles. The fourth-order valence-corrected chi connectivity index (χ4v) is 2.15. The monoisotopic (exact) mass is 255 g/mol. The van der Waals surface area contributed by atoms with Crippen molar-refractivity contribution in [1.29, 1.82) is 0 Å². The number of rotatable bonds is 3. The number of amides is 1. The van der Waals surface area contributed by atoms with Crippen LogP contribution in [0.2, 0.25) is 0 Å². The molecule has 3 rings (SSSR count). The van der Waals surface area contributed by atoms with Crippen LogP contribution in [0.3, 0.4) is 0 Å². The Morgan fingerprint density at radius 2 is 1.63 bits per heavy atom. The van der Waals surface area contributed by atoms with Gasteiger partial charge in [0.05, 0.1) is 0 Å². The van der Waals surface area contributed by atoms with Crippen LogP contribution >= 0.6 is 0 Å². The van der Waals surface area contributed by atoms with E-state index in [-0.39, 0.29) is 17.8 Å². The Morgan fingerprint density at radius 3 is 2.21 bits per heavy atom. The molecule has 1 amide bonds. The van der Waals surface area contributed by atoms with Gasteiger partial charge in [0.15, 0.2) is 0 Å². The fraction of sp³-hybridized carbons (Fsp3) is 0.188. The third kappa shape index (κ3) is 2.50. The molecule has 0 radical (unpaired) electrons. The summed E-state index contributed by atoms with van der Waals surface area (Å²) in [5.74, 6) is -0.386. The number of anilines is 1. The number of para-hydroxylation sites is 1. The van der Waals surface area contributed by atoms with Crippen molar-refractivity contribution < 1.29 is 9.18 Å². The van der Waals surface area contributed by atoms with E-state index in [1.165, 1.54) is 24.3 Å². The number of benzene rings is 2. The first-order valence-corrected chi connectivity index (χ1v) is 6.40. The van der Waals surface area contributed by atoms with Gasteiger partial charge in [-0.25, -0.2) is 4.39 Å². The van der Waals surface area contributed by atoms with E-state index in [0.717, 1.165) is 18.5 Å². The molecule has 3 heteroatoms. The smallest absolute Gasteiger partial charge is 0.258 e. The lowest BCUT2D eigenvalue weighted by atomic mass is 10.1. The van der Waals surface area contributed by atoms with Crippen LogP contribution in [0.1, 0.15) is 23.2 Å². The zero-order valence-electron chi connectivity index (χ0n) is 10.4. The summed E-state index contributed by atoms with van der Waals surface area (Å²) in [6.45, 7) is 0. The van der Waals surface area contributed by atoms with Gasteiger partial charge in [0.1, 0.15) is 5.82 Å². The predicted molar refractivity (Wildman–Crippen MR) is 72.7 cm³/mol. The summed E-state index contributed by atoms with van der Waals surface area (Å²) in [4.78, 5) is 14.4. The topological polar surface area (TPSA) is 20.3 Å². The van der Waals surface area contributed by atoms with Crippen LogP contribution in [-0.2, 0) is 0 Å². The quantitative estimate of drug-likeness (QED) is 0.820. The van der Waals surface area contributed by atoms with Crippen LogP contribution in [0.15, 0.2) is 54.6 Å². The highest BCUT2D eigenvalue weighted by molar-refractivity contribution is 6.06. The molecule has 0 aromatic heterocycles. The zero-order chi connectivity index (χ0) is 13.2. The summed E-state index contributed by atoms with van der Waals surface area (Å²) in [5, 5.41) is 0. The second kappa shape index (κ2) is 4.84. The normalized spacial score (nSPS) is 14.2. The Hall–Kier alpha value is -2.16. The van der Waals surface area contributed by atoms with Crippen molar-refractivity contribution in [1.82, 2.24) is 0 Å².